The summed E-state index contributed by atoms with van der Waals surface area (Å²) in [6, 6.07) is 0. The Kier molecular flexibility index (Phi) is 0.574. The van der Waals surface area contributed by atoms with Crippen molar-refractivity contribution in [3.8, 4) is 0 Å². The second-order valence-corrected chi connectivity index (χ2v) is 4.31. The molecule has 0 radical (unpaired) electrons. The van der Waals surface area contributed by atoms with Crippen LogP contribution in [0, 0.1) is 23.2 Å². The van der Waals surface area contributed by atoms with E-state index in [0.717, 1.165) is 5.41 Å². The van der Waals surface area contributed by atoms with Crippen LogP contribution in [-0.4, -0.2) is 0 Å². The molecule has 0 nitrogen and oxygen atoms in total. The van der Waals surface area contributed by atoms with E-state index in [1.165, 1.54) is 30.6 Å². The molecule has 50 valence electrons. The third-order valence-electron chi connectivity index (χ3n) is 4.01. The van der Waals surface area contributed by atoms with E-state index < -0.39 is 0 Å². The van der Waals surface area contributed by atoms with Gasteiger partial charge in [-0.3, -0.25) is 0 Å². The molecule has 0 aromatic heterocycles. The zero-order valence-corrected chi connectivity index (χ0v) is 6.06. The van der Waals surface area contributed by atoms with Crippen LogP contribution in [0.5, 0.6) is 0 Å². The summed E-state index contributed by atoms with van der Waals surface area (Å²) in [5, 5.41) is 0. The van der Waals surface area contributed by atoms with Crippen LogP contribution in [0.2, 0.25) is 0 Å². The first-order valence-electron chi connectivity index (χ1n) is 4.38. The maximum absolute atomic E-state index is 2.32. The van der Waals surface area contributed by atoms with Crippen LogP contribution < -0.4 is 0 Å². The molecule has 0 heteroatoms. The Morgan fingerprint density at radius 2 is 2.00 bits per heavy atom. The first-order chi connectivity index (χ1) is 4.38. The van der Waals surface area contributed by atoms with E-state index in [9.17, 15) is 0 Å². The molecular formula is C9H14. The molecule has 0 heterocycles. The molecule has 0 aromatic carbocycles. The Balaban J connectivity index is 1.72. The Labute approximate surface area is 56.6 Å². The average molecular weight is 122 g/mol. The first-order valence-corrected chi connectivity index (χ1v) is 4.38. The summed E-state index contributed by atoms with van der Waals surface area (Å²) >= 11 is 0. The molecule has 2 unspecified atom stereocenters. The summed E-state index contributed by atoms with van der Waals surface area (Å²) in [4.78, 5) is 0. The Morgan fingerprint density at radius 3 is 2.44 bits per heavy atom. The molecule has 0 bridgehead atoms. The molecule has 3 aliphatic carbocycles. The van der Waals surface area contributed by atoms with Crippen molar-refractivity contribution in [2.75, 3.05) is 0 Å². The highest BCUT2D eigenvalue weighted by Gasteiger charge is 2.83. The van der Waals surface area contributed by atoms with Gasteiger partial charge in [-0.1, -0.05) is 19.8 Å². The van der Waals surface area contributed by atoms with Crippen LogP contribution in [0.1, 0.15) is 32.6 Å². The topological polar surface area (TPSA) is 0 Å². The molecule has 3 saturated carbocycles. The molecule has 0 amide bonds. The quantitative estimate of drug-likeness (QED) is 0.527. The van der Waals surface area contributed by atoms with Crippen LogP contribution >= 0.6 is 0 Å². The highest BCUT2D eigenvalue weighted by molar-refractivity contribution is 5.31. The van der Waals surface area contributed by atoms with Gasteiger partial charge in [0.25, 0.3) is 0 Å². The van der Waals surface area contributed by atoms with Gasteiger partial charge < -0.3 is 0 Å². The van der Waals surface area contributed by atoms with Gasteiger partial charge in [0.15, 0.2) is 0 Å². The lowest BCUT2D eigenvalue weighted by Gasteiger charge is -2.22. The van der Waals surface area contributed by atoms with Gasteiger partial charge in [0.1, 0.15) is 0 Å². The van der Waals surface area contributed by atoms with Crippen LogP contribution in [-0.2, 0) is 0 Å². The van der Waals surface area contributed by atoms with Crippen molar-refractivity contribution in [2.45, 2.75) is 32.6 Å². The third kappa shape index (κ3) is 0.342. The summed E-state index contributed by atoms with van der Waals surface area (Å²) in [6.45, 7) is 2.32. The highest BCUT2D eigenvalue weighted by Crippen LogP contribution is 2.90. The summed E-state index contributed by atoms with van der Waals surface area (Å²) in [6.07, 6.45) is 6.22. The van der Waals surface area contributed by atoms with Crippen molar-refractivity contribution in [3.63, 3.8) is 0 Å². The minimum Gasteiger partial charge on any atom is -0.0654 e. The standard InChI is InChI=1S/C9H14/c1-2-3-6-7-4-9(7)5-8(6)9/h6-8H,2-5H2,1H3. The van der Waals surface area contributed by atoms with Crippen LogP contribution in [0.3, 0.4) is 0 Å². The Morgan fingerprint density at radius 1 is 1.33 bits per heavy atom. The molecule has 0 N–H and O–H groups in total. The predicted molar refractivity (Wildman–Crippen MR) is 37.0 cm³/mol. The lowest BCUT2D eigenvalue weighted by atomic mass is 9.82. The fourth-order valence-corrected chi connectivity index (χ4v) is 3.42. The van der Waals surface area contributed by atoms with E-state index in [0.29, 0.717) is 0 Å². The van der Waals surface area contributed by atoms with Crippen molar-refractivity contribution < 1.29 is 0 Å². The lowest BCUT2D eigenvalue weighted by molar-refractivity contribution is 0.254. The first kappa shape index (κ1) is 4.76. The van der Waals surface area contributed by atoms with Crippen LogP contribution in [0.4, 0.5) is 0 Å². The smallest absolute Gasteiger partial charge is 0.0229 e. The summed E-state index contributed by atoms with van der Waals surface area (Å²) in [5.74, 6) is 3.68. The van der Waals surface area contributed by atoms with Gasteiger partial charge in [0, 0.05) is 0 Å². The number of rotatable bonds is 2. The zero-order valence-electron chi connectivity index (χ0n) is 6.06. The molecule has 0 aromatic rings. The van der Waals surface area contributed by atoms with E-state index in [4.69, 9.17) is 0 Å². The van der Waals surface area contributed by atoms with Crippen molar-refractivity contribution in [1.29, 1.82) is 0 Å². The number of hydrogen-bond acceptors (Lipinski definition) is 0. The fourth-order valence-electron chi connectivity index (χ4n) is 3.42. The van der Waals surface area contributed by atoms with Crippen molar-refractivity contribution in [1.82, 2.24) is 0 Å². The highest BCUT2D eigenvalue weighted by atomic mass is 14.9. The third-order valence-corrected chi connectivity index (χ3v) is 4.01. The Bertz CT molecular complexity index is 143. The summed E-state index contributed by atoms with van der Waals surface area (Å²) < 4.78 is 0. The second kappa shape index (κ2) is 1.09. The monoisotopic (exact) mass is 122 g/mol. The van der Waals surface area contributed by atoms with Gasteiger partial charge in [0.05, 0.1) is 0 Å². The summed E-state index contributed by atoms with van der Waals surface area (Å²) in [7, 11) is 0. The van der Waals surface area contributed by atoms with Crippen LogP contribution in [0.15, 0.2) is 0 Å². The van der Waals surface area contributed by atoms with E-state index in [1.807, 2.05) is 0 Å². The average Bonchev–Trinajstić information content (AvgIpc) is 2.71. The predicted octanol–water partition coefficient (Wildman–Crippen LogP) is 2.44. The minimum atomic E-state index is 1.03. The van der Waals surface area contributed by atoms with Gasteiger partial charge in [0.2, 0.25) is 0 Å². The van der Waals surface area contributed by atoms with E-state index in [1.54, 1.807) is 12.8 Å². The van der Waals surface area contributed by atoms with Gasteiger partial charge in [-0.05, 0) is 36.0 Å². The van der Waals surface area contributed by atoms with Gasteiger partial charge in [-0.15, -0.1) is 0 Å². The molecule has 3 aliphatic rings. The molecule has 3 rings (SSSR count). The van der Waals surface area contributed by atoms with E-state index in [2.05, 4.69) is 6.92 Å². The maximum atomic E-state index is 2.32. The Hall–Kier alpha value is 0. The van der Waals surface area contributed by atoms with Gasteiger partial charge in [-0.25, -0.2) is 0 Å². The minimum absolute atomic E-state index is 1.03. The molecule has 0 aliphatic heterocycles. The molecular weight excluding hydrogens is 108 g/mol. The van der Waals surface area contributed by atoms with Crippen molar-refractivity contribution in [3.05, 3.63) is 0 Å². The molecule has 1 spiro atoms. The van der Waals surface area contributed by atoms with Crippen molar-refractivity contribution in [2.24, 2.45) is 23.2 Å². The van der Waals surface area contributed by atoms with E-state index >= 15 is 0 Å². The zero-order chi connectivity index (χ0) is 6.06. The van der Waals surface area contributed by atoms with Gasteiger partial charge >= 0.3 is 0 Å². The molecule has 9 heavy (non-hydrogen) atoms. The fraction of sp³-hybridized carbons (Fsp3) is 1.00. The molecule has 0 saturated heterocycles. The maximum Gasteiger partial charge on any atom is -0.0229 e. The lowest BCUT2D eigenvalue weighted by Crippen LogP contribution is -2.17. The molecule has 2 atom stereocenters. The largest absolute Gasteiger partial charge is 0.0654 e. The normalized spacial score (nSPS) is 65.7. The summed E-state index contributed by atoms with van der Waals surface area (Å²) in [5.41, 5.74) is 1.03. The van der Waals surface area contributed by atoms with E-state index in [-0.39, 0.29) is 0 Å². The number of hydrogen-bond donors (Lipinski definition) is 0. The van der Waals surface area contributed by atoms with Crippen molar-refractivity contribution >= 4 is 0 Å². The van der Waals surface area contributed by atoms with Gasteiger partial charge in [-0.2, -0.15) is 0 Å². The SMILES string of the molecule is CCCC1C2CC23CC13. The molecule has 3 fully saturated rings. The second-order valence-electron chi connectivity index (χ2n) is 4.31. The van der Waals surface area contributed by atoms with Crippen LogP contribution in [0.25, 0.3) is 0 Å².